The molecule has 1 unspecified atom stereocenters. The number of ketones is 1. The molecule has 1 aromatic rings. The summed E-state index contributed by atoms with van der Waals surface area (Å²) in [5, 5.41) is 0. The second kappa shape index (κ2) is 5.53. The number of carbonyl (C=O) groups excluding carboxylic acids is 1. The molecule has 0 spiro atoms. The molecular formula is C13H12BrF2IO. The molecular weight excluding hydrogens is 417 g/mol. The molecule has 0 radical (unpaired) electrons. The highest BCUT2D eigenvalue weighted by Gasteiger charge is 2.40. The fourth-order valence-electron chi connectivity index (χ4n) is 2.30. The van der Waals surface area contributed by atoms with Gasteiger partial charge in [-0.25, -0.2) is 8.78 Å². The first-order valence-electron chi connectivity index (χ1n) is 5.73. The predicted octanol–water partition coefficient (Wildman–Crippen LogP) is 5.06. The molecule has 1 aromatic carbocycles. The average Bonchev–Trinajstić information content (AvgIpc) is 2.61. The lowest BCUT2D eigenvalue weighted by Gasteiger charge is -2.10. The van der Waals surface area contributed by atoms with Crippen LogP contribution >= 0.6 is 38.5 Å². The highest BCUT2D eigenvalue weighted by Crippen LogP contribution is 2.41. The highest BCUT2D eigenvalue weighted by atomic mass is 127. The monoisotopic (exact) mass is 428 g/mol. The van der Waals surface area contributed by atoms with Gasteiger partial charge < -0.3 is 0 Å². The first-order chi connectivity index (χ1) is 8.37. The molecule has 1 aliphatic carbocycles. The Morgan fingerprint density at radius 3 is 2.83 bits per heavy atom. The van der Waals surface area contributed by atoms with Crippen molar-refractivity contribution in [2.75, 3.05) is 0 Å². The smallest absolute Gasteiger partial charge is 0.248 e. The van der Waals surface area contributed by atoms with Crippen LogP contribution < -0.4 is 0 Å². The Kier molecular flexibility index (Phi) is 4.41. The summed E-state index contributed by atoms with van der Waals surface area (Å²) in [6, 6.07) is 5.50. The minimum Gasteiger partial charge on any atom is -0.294 e. The second-order valence-electron chi connectivity index (χ2n) is 4.72. The molecule has 0 N–H and O–H groups in total. The van der Waals surface area contributed by atoms with Gasteiger partial charge in [-0.15, -0.1) is 0 Å². The van der Waals surface area contributed by atoms with Crippen LogP contribution in [0.1, 0.15) is 36.0 Å². The van der Waals surface area contributed by atoms with E-state index in [4.69, 9.17) is 0 Å². The molecule has 1 fully saturated rings. The van der Waals surface area contributed by atoms with Gasteiger partial charge in [0.25, 0.3) is 0 Å². The van der Waals surface area contributed by atoms with Gasteiger partial charge in [0.2, 0.25) is 5.92 Å². The van der Waals surface area contributed by atoms with Crippen LogP contribution in [0.3, 0.4) is 0 Å². The van der Waals surface area contributed by atoms with Crippen molar-refractivity contribution in [2.24, 2.45) is 5.92 Å². The Morgan fingerprint density at radius 2 is 2.22 bits per heavy atom. The van der Waals surface area contributed by atoms with Crippen molar-refractivity contribution in [1.29, 1.82) is 0 Å². The van der Waals surface area contributed by atoms with E-state index in [0.29, 0.717) is 12.0 Å². The molecule has 0 bridgehead atoms. The summed E-state index contributed by atoms with van der Waals surface area (Å²) in [6.45, 7) is 0. The topological polar surface area (TPSA) is 17.1 Å². The maximum absolute atomic E-state index is 13.1. The minimum absolute atomic E-state index is 0.0527. The number of alkyl halides is 2. The zero-order valence-electron chi connectivity index (χ0n) is 9.56. The molecule has 1 saturated carbocycles. The van der Waals surface area contributed by atoms with Gasteiger partial charge in [0.1, 0.15) is 0 Å². The lowest BCUT2D eigenvalue weighted by molar-refractivity contribution is 0.00497. The van der Waals surface area contributed by atoms with Gasteiger partial charge in [-0.05, 0) is 53.1 Å². The zero-order valence-corrected chi connectivity index (χ0v) is 13.3. The molecule has 0 saturated heterocycles. The van der Waals surface area contributed by atoms with Gasteiger partial charge in [0.15, 0.2) is 5.78 Å². The van der Waals surface area contributed by atoms with E-state index >= 15 is 0 Å². The van der Waals surface area contributed by atoms with E-state index < -0.39 is 5.92 Å². The Balaban J connectivity index is 2.06. The number of Topliss-reactive ketones (excluding diaryl/α,β-unsaturated/α-hetero) is 1. The molecule has 0 amide bonds. The molecule has 1 nitrogen and oxygen atoms in total. The quantitative estimate of drug-likeness (QED) is 0.485. The van der Waals surface area contributed by atoms with E-state index in [2.05, 4.69) is 38.5 Å². The molecule has 2 rings (SSSR count). The summed E-state index contributed by atoms with van der Waals surface area (Å²) in [5.41, 5.74) is 0.595. The molecule has 0 heterocycles. The normalized spacial score (nSPS) is 22.1. The van der Waals surface area contributed by atoms with Crippen molar-refractivity contribution in [3.63, 3.8) is 0 Å². The number of rotatable bonds is 3. The molecule has 18 heavy (non-hydrogen) atoms. The summed E-state index contributed by atoms with van der Waals surface area (Å²) in [5.74, 6) is -2.81. The number of hydrogen-bond acceptors (Lipinski definition) is 1. The van der Waals surface area contributed by atoms with E-state index in [0.717, 1.165) is 8.04 Å². The lowest BCUT2D eigenvalue weighted by Crippen LogP contribution is -2.12. The second-order valence-corrected chi connectivity index (χ2v) is 6.82. The summed E-state index contributed by atoms with van der Waals surface area (Å²) in [4.78, 5) is 12.1. The van der Waals surface area contributed by atoms with E-state index in [-0.39, 0.29) is 31.0 Å². The van der Waals surface area contributed by atoms with Gasteiger partial charge in [0.05, 0.1) is 0 Å². The van der Waals surface area contributed by atoms with Crippen LogP contribution in [0.5, 0.6) is 0 Å². The zero-order chi connectivity index (χ0) is 13.3. The fraction of sp³-hybridized carbons (Fsp3) is 0.462. The van der Waals surface area contributed by atoms with Gasteiger partial charge >= 0.3 is 0 Å². The molecule has 1 atom stereocenters. The maximum Gasteiger partial charge on any atom is 0.248 e. The molecule has 98 valence electrons. The summed E-state index contributed by atoms with van der Waals surface area (Å²) < 4.78 is 27.8. The summed E-state index contributed by atoms with van der Waals surface area (Å²) in [7, 11) is 0. The van der Waals surface area contributed by atoms with Crippen LogP contribution in [0.25, 0.3) is 0 Å². The van der Waals surface area contributed by atoms with Gasteiger partial charge in [0, 0.05) is 32.9 Å². The number of hydrogen-bond donors (Lipinski definition) is 0. The van der Waals surface area contributed by atoms with E-state index in [1.807, 2.05) is 12.1 Å². The Morgan fingerprint density at radius 1 is 1.50 bits per heavy atom. The van der Waals surface area contributed by atoms with Crippen molar-refractivity contribution in [3.8, 4) is 0 Å². The Bertz CT molecular complexity index is 476. The van der Waals surface area contributed by atoms with E-state index in [1.54, 1.807) is 6.07 Å². The summed E-state index contributed by atoms with van der Waals surface area (Å²) >= 11 is 5.46. The molecule has 1 aliphatic rings. The van der Waals surface area contributed by atoms with E-state index in [1.165, 1.54) is 0 Å². The van der Waals surface area contributed by atoms with Crippen molar-refractivity contribution in [2.45, 2.75) is 31.6 Å². The van der Waals surface area contributed by atoms with Crippen LogP contribution in [-0.4, -0.2) is 11.7 Å². The first kappa shape index (κ1) is 14.4. The van der Waals surface area contributed by atoms with Crippen molar-refractivity contribution < 1.29 is 13.6 Å². The van der Waals surface area contributed by atoms with Gasteiger partial charge in [-0.3, -0.25) is 4.79 Å². The number of benzene rings is 1. The molecule has 0 aromatic heterocycles. The van der Waals surface area contributed by atoms with Crippen molar-refractivity contribution in [1.82, 2.24) is 0 Å². The van der Waals surface area contributed by atoms with Crippen LogP contribution in [0.15, 0.2) is 22.7 Å². The third kappa shape index (κ3) is 3.50. The van der Waals surface area contributed by atoms with Crippen LogP contribution in [-0.2, 0) is 0 Å². The van der Waals surface area contributed by atoms with Gasteiger partial charge in [-0.2, -0.15) is 0 Å². The fourth-order valence-corrected chi connectivity index (χ4v) is 3.26. The standard InChI is InChI=1S/C13H12BrF2IO/c14-11-2-1-9(17)6-10(11)12(18)5-8-3-4-13(15,16)7-8/h1-2,6,8H,3-5,7H2. The Hall–Kier alpha value is -0.0400. The summed E-state index contributed by atoms with van der Waals surface area (Å²) in [6.07, 6.45) is 0.424. The maximum atomic E-state index is 13.1. The third-order valence-electron chi connectivity index (χ3n) is 3.21. The van der Waals surface area contributed by atoms with Crippen LogP contribution in [0, 0.1) is 9.49 Å². The molecule has 5 heteroatoms. The van der Waals surface area contributed by atoms with E-state index in [9.17, 15) is 13.6 Å². The predicted molar refractivity (Wildman–Crippen MR) is 78.1 cm³/mol. The molecule has 0 aliphatic heterocycles. The number of halogens is 4. The van der Waals surface area contributed by atoms with Crippen molar-refractivity contribution >= 4 is 44.3 Å². The third-order valence-corrected chi connectivity index (χ3v) is 4.57. The first-order valence-corrected chi connectivity index (χ1v) is 7.61. The SMILES string of the molecule is O=C(CC1CCC(F)(F)C1)c1cc(I)ccc1Br. The van der Waals surface area contributed by atoms with Crippen LogP contribution in [0.2, 0.25) is 0 Å². The van der Waals surface area contributed by atoms with Crippen molar-refractivity contribution in [3.05, 3.63) is 31.8 Å². The average molecular weight is 429 g/mol. The minimum atomic E-state index is -2.58. The van der Waals surface area contributed by atoms with Crippen LogP contribution in [0.4, 0.5) is 8.78 Å². The lowest BCUT2D eigenvalue weighted by atomic mass is 9.97. The Labute approximate surface area is 127 Å². The highest BCUT2D eigenvalue weighted by molar-refractivity contribution is 14.1. The van der Waals surface area contributed by atoms with Gasteiger partial charge in [-0.1, -0.05) is 15.9 Å². The largest absolute Gasteiger partial charge is 0.294 e. The number of carbonyl (C=O) groups is 1.